The summed E-state index contributed by atoms with van der Waals surface area (Å²) in [6.07, 6.45) is 10.1. The van der Waals surface area contributed by atoms with Crippen molar-refractivity contribution in [3.63, 3.8) is 0 Å². The average Bonchev–Trinajstić information content (AvgIpc) is 3.29. The van der Waals surface area contributed by atoms with Gasteiger partial charge in [-0.25, -0.2) is 0 Å². The Bertz CT molecular complexity index is 1220. The standard InChI is InChI=1S/C31H44N2O3S/c1-26(2)22-9-10-31(7)23(29(22,5)17-21-24(26)32-33-37-21)20(34)15-18-19-16-28(4,25(35)36-8)12-11-27(19,3)13-14-30(18,31)6/h15,19,22-23H,9-14,16-17H2,1-8H3/t19-,22?,23?,27+,28-,29-,30+,31+/m0/s1. The van der Waals surface area contributed by atoms with Crippen molar-refractivity contribution in [2.75, 3.05) is 7.11 Å². The molecule has 8 atom stereocenters. The quantitative estimate of drug-likeness (QED) is 0.382. The number of nitrogens with zero attached hydrogens (tertiary/aromatic N) is 2. The number of ether oxygens (including phenoxy) is 1. The fourth-order valence-electron chi connectivity index (χ4n) is 10.7. The van der Waals surface area contributed by atoms with E-state index >= 15 is 0 Å². The molecule has 5 aliphatic rings. The summed E-state index contributed by atoms with van der Waals surface area (Å²) in [6.45, 7) is 16.5. The fourth-order valence-corrected chi connectivity index (χ4v) is 11.7. The van der Waals surface area contributed by atoms with E-state index in [0.29, 0.717) is 11.7 Å². The van der Waals surface area contributed by atoms with Crippen LogP contribution in [-0.4, -0.2) is 28.4 Å². The van der Waals surface area contributed by atoms with E-state index in [9.17, 15) is 9.59 Å². The van der Waals surface area contributed by atoms with E-state index in [1.54, 1.807) is 0 Å². The number of aromatic nitrogens is 2. The van der Waals surface area contributed by atoms with Crippen LogP contribution in [0, 0.1) is 44.8 Å². The maximum atomic E-state index is 14.5. The Morgan fingerprint density at radius 1 is 1.03 bits per heavy atom. The monoisotopic (exact) mass is 524 g/mol. The molecule has 5 nitrogen and oxygen atoms in total. The van der Waals surface area contributed by atoms with Gasteiger partial charge in [0.15, 0.2) is 5.78 Å². The van der Waals surface area contributed by atoms with Gasteiger partial charge in [-0.15, -0.1) is 5.10 Å². The summed E-state index contributed by atoms with van der Waals surface area (Å²) in [5, 5.41) is 4.57. The Hall–Kier alpha value is -1.56. The van der Waals surface area contributed by atoms with Crippen LogP contribution in [0.1, 0.15) is 104 Å². The second kappa shape index (κ2) is 7.55. The van der Waals surface area contributed by atoms with E-state index in [1.165, 1.54) is 29.1 Å². The molecule has 1 aromatic rings. The Morgan fingerprint density at radius 3 is 2.43 bits per heavy atom. The number of hydrogen-bond acceptors (Lipinski definition) is 6. The molecule has 0 radical (unpaired) electrons. The zero-order chi connectivity index (χ0) is 26.8. The van der Waals surface area contributed by atoms with Crippen LogP contribution in [0.25, 0.3) is 0 Å². The molecule has 6 heteroatoms. The largest absolute Gasteiger partial charge is 0.469 e. The van der Waals surface area contributed by atoms with Gasteiger partial charge < -0.3 is 4.74 Å². The van der Waals surface area contributed by atoms with Crippen molar-refractivity contribution in [1.29, 1.82) is 0 Å². The summed E-state index contributed by atoms with van der Waals surface area (Å²) in [4.78, 5) is 28.6. The molecule has 0 aromatic carbocycles. The van der Waals surface area contributed by atoms with E-state index in [0.717, 1.165) is 57.1 Å². The van der Waals surface area contributed by atoms with Crippen molar-refractivity contribution in [2.24, 2.45) is 44.8 Å². The number of carbonyl (C=O) groups is 2. The molecule has 0 bridgehead atoms. The maximum absolute atomic E-state index is 14.5. The summed E-state index contributed by atoms with van der Waals surface area (Å²) in [5.74, 6) is 0.870. The molecule has 37 heavy (non-hydrogen) atoms. The van der Waals surface area contributed by atoms with Crippen molar-refractivity contribution < 1.29 is 14.3 Å². The number of methoxy groups -OCH3 is 1. The number of carbonyl (C=O) groups excluding carboxylic acids is 2. The molecule has 0 spiro atoms. The number of ketones is 1. The summed E-state index contributed by atoms with van der Waals surface area (Å²) in [6, 6.07) is 0. The zero-order valence-electron chi connectivity index (χ0n) is 24.0. The molecule has 6 rings (SSSR count). The lowest BCUT2D eigenvalue weighted by Gasteiger charge is -2.69. The van der Waals surface area contributed by atoms with E-state index in [2.05, 4.69) is 64.1 Å². The highest BCUT2D eigenvalue weighted by molar-refractivity contribution is 7.05. The van der Waals surface area contributed by atoms with Gasteiger partial charge in [-0.2, -0.15) is 0 Å². The van der Waals surface area contributed by atoms with Gasteiger partial charge in [-0.05, 0) is 109 Å². The van der Waals surface area contributed by atoms with Crippen LogP contribution in [0.3, 0.4) is 0 Å². The lowest BCUT2D eigenvalue weighted by atomic mass is 9.34. The lowest BCUT2D eigenvalue weighted by molar-refractivity contribution is -0.174. The third-order valence-electron chi connectivity index (χ3n) is 13.1. The van der Waals surface area contributed by atoms with Crippen molar-refractivity contribution in [3.8, 4) is 0 Å². The zero-order valence-corrected chi connectivity index (χ0v) is 24.8. The molecule has 3 saturated carbocycles. The molecule has 202 valence electrons. The normalized spacial score (nSPS) is 47.9. The molecule has 2 unspecified atom stereocenters. The van der Waals surface area contributed by atoms with Gasteiger partial charge in [0.05, 0.1) is 18.2 Å². The second-order valence-electron chi connectivity index (χ2n) is 15.2. The van der Waals surface area contributed by atoms with Crippen molar-refractivity contribution in [1.82, 2.24) is 9.59 Å². The third kappa shape index (κ3) is 3.03. The highest BCUT2D eigenvalue weighted by Gasteiger charge is 2.70. The van der Waals surface area contributed by atoms with Crippen LogP contribution < -0.4 is 0 Å². The Kier molecular flexibility index (Phi) is 5.24. The molecule has 1 heterocycles. The summed E-state index contributed by atoms with van der Waals surface area (Å²) in [7, 11) is 1.51. The Balaban J connectivity index is 1.47. The van der Waals surface area contributed by atoms with Gasteiger partial charge in [0.2, 0.25) is 0 Å². The maximum Gasteiger partial charge on any atom is 0.311 e. The molecule has 5 aliphatic carbocycles. The minimum absolute atomic E-state index is 0.0121. The van der Waals surface area contributed by atoms with Gasteiger partial charge in [-0.3, -0.25) is 9.59 Å². The number of hydrogen-bond donors (Lipinski definition) is 0. The van der Waals surface area contributed by atoms with Gasteiger partial charge in [0.25, 0.3) is 0 Å². The summed E-state index contributed by atoms with van der Waals surface area (Å²) >= 11 is 1.53. The Labute approximate surface area is 226 Å². The molecular formula is C31H44N2O3S. The summed E-state index contributed by atoms with van der Waals surface area (Å²) < 4.78 is 9.63. The van der Waals surface area contributed by atoms with E-state index < -0.39 is 5.41 Å². The smallest absolute Gasteiger partial charge is 0.311 e. The molecule has 0 saturated heterocycles. The number of fused-ring (bicyclic) bond motifs is 8. The van der Waals surface area contributed by atoms with Crippen molar-refractivity contribution >= 4 is 23.3 Å². The minimum Gasteiger partial charge on any atom is -0.469 e. The molecule has 0 aliphatic heterocycles. The first-order chi connectivity index (χ1) is 17.2. The van der Waals surface area contributed by atoms with Crippen LogP contribution in [0.4, 0.5) is 0 Å². The van der Waals surface area contributed by atoms with Crippen molar-refractivity contribution in [3.05, 3.63) is 22.2 Å². The molecule has 0 N–H and O–H groups in total. The van der Waals surface area contributed by atoms with Gasteiger partial charge in [0.1, 0.15) is 0 Å². The van der Waals surface area contributed by atoms with Gasteiger partial charge in [-0.1, -0.05) is 51.6 Å². The topological polar surface area (TPSA) is 69.2 Å². The van der Waals surface area contributed by atoms with Gasteiger partial charge in [0, 0.05) is 16.2 Å². The average molecular weight is 525 g/mol. The molecular weight excluding hydrogens is 480 g/mol. The first kappa shape index (κ1) is 25.7. The third-order valence-corrected chi connectivity index (χ3v) is 13.8. The van der Waals surface area contributed by atoms with Crippen molar-refractivity contribution in [2.45, 2.75) is 105 Å². The highest BCUT2D eigenvalue weighted by atomic mass is 32.1. The lowest BCUT2D eigenvalue weighted by Crippen LogP contribution is -2.66. The second-order valence-corrected chi connectivity index (χ2v) is 16.0. The fraction of sp³-hybridized carbons (Fsp3) is 0.806. The van der Waals surface area contributed by atoms with Crippen LogP contribution in [-0.2, 0) is 26.2 Å². The molecule has 0 amide bonds. The molecule has 3 fully saturated rings. The predicted octanol–water partition coefficient (Wildman–Crippen LogP) is 6.71. The number of esters is 1. The van der Waals surface area contributed by atoms with E-state index in [-0.39, 0.29) is 44.9 Å². The number of rotatable bonds is 1. The SMILES string of the molecule is COC(=O)[C@@]1(C)CC[C@]2(C)CC[C@]3(C)C(=CC(=O)C4[C@@]5(C)Cc6snnc6C(C)(C)C5CC[C@]43C)[C@@H]2C1. The first-order valence-electron chi connectivity index (χ1n) is 14.3. The first-order valence-corrected chi connectivity index (χ1v) is 15.1. The van der Waals surface area contributed by atoms with Crippen LogP contribution >= 0.6 is 11.5 Å². The highest BCUT2D eigenvalue weighted by Crippen LogP contribution is 2.74. The minimum atomic E-state index is -0.481. The van der Waals surface area contributed by atoms with E-state index in [1.807, 2.05) is 0 Å². The van der Waals surface area contributed by atoms with E-state index in [4.69, 9.17) is 4.74 Å². The summed E-state index contributed by atoms with van der Waals surface area (Å²) in [5.41, 5.74) is 1.81. The van der Waals surface area contributed by atoms with Crippen LogP contribution in [0.2, 0.25) is 0 Å². The Morgan fingerprint density at radius 2 is 1.73 bits per heavy atom. The number of allylic oxidation sites excluding steroid dienone is 2. The van der Waals surface area contributed by atoms with Crippen LogP contribution in [0.5, 0.6) is 0 Å². The van der Waals surface area contributed by atoms with Gasteiger partial charge >= 0.3 is 5.97 Å². The molecule has 1 aromatic heterocycles. The van der Waals surface area contributed by atoms with Crippen LogP contribution in [0.15, 0.2) is 11.6 Å². The predicted molar refractivity (Wildman–Crippen MR) is 145 cm³/mol.